The van der Waals surface area contributed by atoms with Crippen LogP contribution in [0.4, 0.5) is 8.78 Å². The third kappa shape index (κ3) is 3.53. The number of nitrogens with zero attached hydrogens (tertiary/aromatic N) is 5. The van der Waals surface area contributed by atoms with E-state index in [9.17, 15) is 8.78 Å². The van der Waals surface area contributed by atoms with Gasteiger partial charge in [-0.1, -0.05) is 47.3 Å². The molecule has 0 aliphatic rings. The largest absolute Gasteiger partial charge is 0.338 e. The molecule has 0 saturated carbocycles. The van der Waals surface area contributed by atoms with Crippen LogP contribution in [0.25, 0.3) is 17.1 Å². The van der Waals surface area contributed by atoms with E-state index >= 15 is 0 Å². The lowest BCUT2D eigenvalue weighted by Gasteiger charge is -2.12. The van der Waals surface area contributed by atoms with Crippen molar-refractivity contribution < 1.29 is 13.3 Å². The van der Waals surface area contributed by atoms with E-state index in [0.29, 0.717) is 22.7 Å². The summed E-state index contributed by atoms with van der Waals surface area (Å²) >= 11 is 1.29. The molecule has 0 spiro atoms. The highest BCUT2D eigenvalue weighted by Gasteiger charge is 2.23. The van der Waals surface area contributed by atoms with Crippen molar-refractivity contribution in [1.29, 1.82) is 0 Å². The van der Waals surface area contributed by atoms with Gasteiger partial charge in [0.05, 0.1) is 10.9 Å². The minimum absolute atomic E-state index is 0.154. The van der Waals surface area contributed by atoms with Crippen LogP contribution in [-0.2, 0) is 0 Å². The van der Waals surface area contributed by atoms with Crippen molar-refractivity contribution in [1.82, 2.24) is 24.9 Å². The summed E-state index contributed by atoms with van der Waals surface area (Å²) in [6.07, 6.45) is 0. The molecule has 0 bridgehead atoms. The molecule has 0 radical (unpaired) electrons. The van der Waals surface area contributed by atoms with E-state index in [0.717, 1.165) is 11.6 Å². The van der Waals surface area contributed by atoms with Crippen molar-refractivity contribution in [3.63, 3.8) is 0 Å². The Balaban J connectivity index is 1.81. The van der Waals surface area contributed by atoms with Gasteiger partial charge in [-0.2, -0.15) is 4.98 Å². The zero-order valence-electron chi connectivity index (χ0n) is 15.0. The van der Waals surface area contributed by atoms with Crippen LogP contribution in [0, 0.1) is 18.6 Å². The van der Waals surface area contributed by atoms with Crippen LogP contribution < -0.4 is 0 Å². The molecule has 0 aliphatic carbocycles. The molecule has 6 nitrogen and oxygen atoms in total. The fourth-order valence-corrected chi connectivity index (χ4v) is 3.58. The predicted molar refractivity (Wildman–Crippen MR) is 100 cm³/mol. The van der Waals surface area contributed by atoms with Crippen LogP contribution in [-0.4, -0.2) is 24.9 Å². The Labute approximate surface area is 163 Å². The van der Waals surface area contributed by atoms with Gasteiger partial charge >= 0.3 is 0 Å². The number of halogens is 2. The average Bonchev–Trinajstić information content (AvgIpc) is 3.29. The minimum atomic E-state index is -0.708. The molecule has 4 rings (SSSR count). The van der Waals surface area contributed by atoms with Gasteiger partial charge in [-0.15, -0.1) is 10.2 Å². The number of aromatic nitrogens is 5. The molecule has 0 saturated heterocycles. The first-order valence-corrected chi connectivity index (χ1v) is 9.34. The first-order valence-electron chi connectivity index (χ1n) is 8.46. The zero-order valence-corrected chi connectivity index (χ0v) is 15.8. The molecule has 0 amide bonds. The van der Waals surface area contributed by atoms with E-state index in [-0.39, 0.29) is 10.9 Å². The lowest BCUT2D eigenvalue weighted by atomic mass is 10.2. The van der Waals surface area contributed by atoms with Gasteiger partial charge in [-0.3, -0.25) is 4.57 Å². The predicted octanol–water partition coefficient (Wildman–Crippen LogP) is 4.76. The number of rotatable bonds is 5. The van der Waals surface area contributed by atoms with Gasteiger partial charge < -0.3 is 4.52 Å². The highest BCUT2D eigenvalue weighted by molar-refractivity contribution is 7.99. The first kappa shape index (κ1) is 18.3. The van der Waals surface area contributed by atoms with Gasteiger partial charge in [0, 0.05) is 11.6 Å². The highest BCUT2D eigenvalue weighted by atomic mass is 32.2. The van der Waals surface area contributed by atoms with Gasteiger partial charge in [0.15, 0.2) is 16.8 Å². The lowest BCUT2D eigenvalue weighted by molar-refractivity contribution is 0.376. The highest BCUT2D eigenvalue weighted by Crippen LogP contribution is 2.36. The fraction of sp³-hybridized carbons (Fsp3) is 0.158. The Bertz CT molecular complexity index is 1110. The maximum absolute atomic E-state index is 14.6. The quantitative estimate of drug-likeness (QED) is 0.451. The van der Waals surface area contributed by atoms with Crippen molar-refractivity contribution in [2.75, 3.05) is 0 Å². The normalized spacial score (nSPS) is 12.3. The minimum Gasteiger partial charge on any atom is -0.338 e. The SMILES string of the molecule is Cc1noc(C(C)Sc2nnc(-c3ccccc3)n2-c2ccc(F)cc2F)n1. The maximum Gasteiger partial charge on any atom is 0.239 e. The van der Waals surface area contributed by atoms with Gasteiger partial charge in [0.25, 0.3) is 0 Å². The molecule has 4 aromatic rings. The van der Waals surface area contributed by atoms with Gasteiger partial charge in [-0.05, 0) is 26.0 Å². The molecule has 9 heteroatoms. The maximum atomic E-state index is 14.6. The Morgan fingerprint density at radius 3 is 2.54 bits per heavy atom. The summed E-state index contributed by atoms with van der Waals surface area (Å²) in [7, 11) is 0. The van der Waals surface area contributed by atoms with E-state index in [1.54, 1.807) is 11.5 Å². The molecule has 2 aromatic heterocycles. The van der Waals surface area contributed by atoms with Crippen molar-refractivity contribution in [2.45, 2.75) is 24.3 Å². The summed E-state index contributed by atoms with van der Waals surface area (Å²) in [6, 6.07) is 12.7. The van der Waals surface area contributed by atoms with Crippen LogP contribution in [0.15, 0.2) is 58.2 Å². The number of hydrogen-bond acceptors (Lipinski definition) is 6. The molecule has 1 atom stereocenters. The van der Waals surface area contributed by atoms with Crippen LogP contribution in [0.2, 0.25) is 0 Å². The molecule has 2 aromatic carbocycles. The lowest BCUT2D eigenvalue weighted by Crippen LogP contribution is -2.04. The monoisotopic (exact) mass is 399 g/mol. The zero-order chi connectivity index (χ0) is 19.7. The van der Waals surface area contributed by atoms with Gasteiger partial charge in [0.2, 0.25) is 5.89 Å². The van der Waals surface area contributed by atoms with Crippen molar-refractivity contribution in [3.05, 3.63) is 71.9 Å². The first-order chi connectivity index (χ1) is 13.5. The molecule has 1 unspecified atom stereocenters. The second kappa shape index (κ2) is 7.51. The summed E-state index contributed by atoms with van der Waals surface area (Å²) in [5.41, 5.74) is 0.911. The molecule has 0 fully saturated rings. The number of aryl methyl sites for hydroxylation is 1. The third-order valence-corrected chi connectivity index (χ3v) is 5.02. The number of hydrogen-bond donors (Lipinski definition) is 0. The molecule has 142 valence electrons. The smallest absolute Gasteiger partial charge is 0.239 e. The Kier molecular flexibility index (Phi) is 4.91. The van der Waals surface area contributed by atoms with Crippen LogP contribution >= 0.6 is 11.8 Å². The molecular formula is C19H15F2N5OS. The average molecular weight is 399 g/mol. The van der Waals surface area contributed by atoms with Crippen LogP contribution in [0.1, 0.15) is 23.9 Å². The van der Waals surface area contributed by atoms with Gasteiger partial charge in [-0.25, -0.2) is 8.78 Å². The van der Waals surface area contributed by atoms with Crippen molar-refractivity contribution in [3.8, 4) is 17.1 Å². The van der Waals surface area contributed by atoms with E-state index in [1.807, 2.05) is 37.3 Å². The molecule has 0 aliphatic heterocycles. The van der Waals surface area contributed by atoms with E-state index in [4.69, 9.17) is 4.52 Å². The second-order valence-electron chi connectivity index (χ2n) is 6.04. The summed E-state index contributed by atoms with van der Waals surface area (Å²) in [5.74, 6) is 0.0403. The topological polar surface area (TPSA) is 69.6 Å². The van der Waals surface area contributed by atoms with E-state index in [2.05, 4.69) is 20.3 Å². The third-order valence-electron chi connectivity index (χ3n) is 3.99. The Morgan fingerprint density at radius 2 is 1.86 bits per heavy atom. The second-order valence-corrected chi connectivity index (χ2v) is 7.35. The van der Waals surface area contributed by atoms with E-state index < -0.39 is 11.6 Å². The molecule has 2 heterocycles. The molecule has 0 N–H and O–H groups in total. The number of thioether (sulfide) groups is 1. The fourth-order valence-electron chi connectivity index (χ4n) is 2.69. The summed E-state index contributed by atoms with van der Waals surface area (Å²) in [6.45, 7) is 3.61. The molecule has 28 heavy (non-hydrogen) atoms. The summed E-state index contributed by atoms with van der Waals surface area (Å²) in [5, 5.41) is 12.5. The van der Waals surface area contributed by atoms with Crippen molar-refractivity contribution in [2.24, 2.45) is 0 Å². The molecular weight excluding hydrogens is 384 g/mol. The van der Waals surface area contributed by atoms with Crippen LogP contribution in [0.3, 0.4) is 0 Å². The number of benzene rings is 2. The van der Waals surface area contributed by atoms with Crippen molar-refractivity contribution >= 4 is 11.8 Å². The Morgan fingerprint density at radius 1 is 1.07 bits per heavy atom. The standard InChI is InChI=1S/C19H15F2N5OS/c1-11(18-22-12(2)25-27-18)28-19-24-23-17(13-6-4-3-5-7-13)26(19)16-9-8-14(20)10-15(16)21/h3-11H,1-2H3. The van der Waals surface area contributed by atoms with Gasteiger partial charge in [0.1, 0.15) is 11.6 Å². The van der Waals surface area contributed by atoms with E-state index in [1.165, 1.54) is 23.9 Å². The Hall–Kier alpha value is -3.07. The van der Waals surface area contributed by atoms with Crippen LogP contribution in [0.5, 0.6) is 0 Å². The summed E-state index contributed by atoms with van der Waals surface area (Å²) in [4.78, 5) is 4.22. The summed E-state index contributed by atoms with van der Waals surface area (Å²) < 4.78 is 34.8.